The number of fused-ring (bicyclic) bond motifs is 2. The van der Waals surface area contributed by atoms with Gasteiger partial charge in [0.1, 0.15) is 5.75 Å². The van der Waals surface area contributed by atoms with E-state index in [0.29, 0.717) is 11.6 Å². The van der Waals surface area contributed by atoms with Crippen LogP contribution in [0.3, 0.4) is 0 Å². The van der Waals surface area contributed by atoms with E-state index < -0.39 is 24.3 Å². The van der Waals surface area contributed by atoms with Crippen LogP contribution in [0.15, 0.2) is 36.4 Å². The van der Waals surface area contributed by atoms with Gasteiger partial charge in [-0.2, -0.15) is 26.3 Å². The number of carboxylic acid groups (broad SMARTS) is 2. The first kappa shape index (κ1) is 29.7. The molecule has 0 aliphatic heterocycles. The summed E-state index contributed by atoms with van der Waals surface area (Å²) in [5.74, 6) is -4.75. The topological polar surface area (TPSA) is 149 Å². The fraction of sp³-hybridized carbons (Fsp3) is 0.250. The highest BCUT2D eigenvalue weighted by molar-refractivity contribution is 6.31. The molecule has 6 N–H and O–H groups in total. The van der Waals surface area contributed by atoms with Gasteiger partial charge >= 0.3 is 24.3 Å². The lowest BCUT2D eigenvalue weighted by Crippen LogP contribution is -2.21. The second kappa shape index (κ2) is 11.9. The first-order valence-electron chi connectivity index (χ1n) is 9.15. The number of methoxy groups -OCH3 is 1. The van der Waals surface area contributed by atoms with Crippen molar-refractivity contribution in [3.8, 4) is 5.75 Å². The van der Waals surface area contributed by atoms with Crippen LogP contribution >= 0.6 is 11.6 Å². The zero-order valence-corrected chi connectivity index (χ0v) is 18.4. The number of carbonyl (C=O) groups is 2. The van der Waals surface area contributed by atoms with E-state index in [2.05, 4.69) is 4.98 Å². The van der Waals surface area contributed by atoms with Gasteiger partial charge in [-0.25, -0.2) is 14.6 Å². The summed E-state index contributed by atoms with van der Waals surface area (Å²) in [6.45, 7) is 0.355. The summed E-state index contributed by atoms with van der Waals surface area (Å²) < 4.78 is 68.8. The van der Waals surface area contributed by atoms with Gasteiger partial charge in [-0.1, -0.05) is 17.7 Å². The third-order valence-electron chi connectivity index (χ3n) is 4.09. The molecule has 1 heterocycles. The summed E-state index contributed by atoms with van der Waals surface area (Å²) in [6.07, 6.45) is -10.2. The van der Waals surface area contributed by atoms with Gasteiger partial charge < -0.3 is 26.4 Å². The standard InChI is InChI=1S/C16H16ClN3O.2C2HF3O2/c1-21-10-3-5-14-12(7-10)16(13(19)8-18)11-4-2-9(17)6-15(11)20-14;2*3-2(4,5)1(6)7/h2-7,13H,8,18-19H2,1H3;2*(H,6,7). The molecule has 1 unspecified atom stereocenters. The number of carboxylic acids is 2. The normalized spacial score (nSPS) is 12.2. The maximum absolute atomic E-state index is 10.6. The molecule has 0 amide bonds. The number of hydrogen-bond acceptors (Lipinski definition) is 6. The predicted molar refractivity (Wildman–Crippen MR) is 114 cm³/mol. The maximum Gasteiger partial charge on any atom is 0.490 e. The number of halogens is 7. The van der Waals surface area contributed by atoms with Gasteiger partial charge in [-0.15, -0.1) is 0 Å². The van der Waals surface area contributed by atoms with Gasteiger partial charge in [-0.05, 0) is 35.9 Å². The van der Waals surface area contributed by atoms with E-state index in [1.165, 1.54) is 0 Å². The average molecular weight is 530 g/mol. The van der Waals surface area contributed by atoms with E-state index >= 15 is 0 Å². The van der Waals surface area contributed by atoms with Crippen molar-refractivity contribution >= 4 is 45.3 Å². The van der Waals surface area contributed by atoms with Crippen LogP contribution in [0.25, 0.3) is 21.8 Å². The summed E-state index contributed by atoms with van der Waals surface area (Å²) in [7, 11) is 1.64. The molecule has 0 aliphatic carbocycles. The molecule has 2 aromatic carbocycles. The third-order valence-corrected chi connectivity index (χ3v) is 4.33. The molecule has 0 fully saturated rings. The number of nitrogens with two attached hydrogens (primary N) is 2. The number of nitrogens with zero attached hydrogens (tertiary/aromatic N) is 1. The Morgan fingerprint density at radius 2 is 1.49 bits per heavy atom. The minimum absolute atomic E-state index is 0.272. The Balaban J connectivity index is 0.000000362. The monoisotopic (exact) mass is 529 g/mol. The summed E-state index contributed by atoms with van der Waals surface area (Å²) in [4.78, 5) is 22.4. The van der Waals surface area contributed by atoms with Gasteiger partial charge in [0.05, 0.1) is 18.1 Å². The zero-order chi connectivity index (χ0) is 27.1. The molecule has 0 bridgehead atoms. The zero-order valence-electron chi connectivity index (χ0n) is 17.6. The van der Waals surface area contributed by atoms with Crippen molar-refractivity contribution in [3.63, 3.8) is 0 Å². The number of hydrogen-bond donors (Lipinski definition) is 4. The highest BCUT2D eigenvalue weighted by Gasteiger charge is 2.38. The number of rotatable bonds is 3. The lowest BCUT2D eigenvalue weighted by Gasteiger charge is -2.16. The lowest BCUT2D eigenvalue weighted by molar-refractivity contribution is -0.193. The Morgan fingerprint density at radius 1 is 0.971 bits per heavy atom. The minimum atomic E-state index is -5.08. The van der Waals surface area contributed by atoms with Crippen molar-refractivity contribution in [1.29, 1.82) is 0 Å². The Hall–Kier alpha value is -3.36. The molecule has 192 valence electrons. The van der Waals surface area contributed by atoms with Crippen molar-refractivity contribution in [1.82, 2.24) is 4.98 Å². The average Bonchev–Trinajstić information content (AvgIpc) is 2.76. The van der Waals surface area contributed by atoms with Crippen molar-refractivity contribution < 1.29 is 50.9 Å². The van der Waals surface area contributed by atoms with Crippen LogP contribution in [-0.2, 0) is 9.59 Å². The van der Waals surface area contributed by atoms with Crippen molar-refractivity contribution in [2.24, 2.45) is 11.5 Å². The molecule has 3 aromatic rings. The quantitative estimate of drug-likeness (QED) is 0.290. The molecule has 0 saturated carbocycles. The van der Waals surface area contributed by atoms with Crippen LogP contribution in [0.5, 0.6) is 5.75 Å². The molecule has 1 aromatic heterocycles. The van der Waals surface area contributed by atoms with Gasteiger partial charge in [0, 0.05) is 28.4 Å². The van der Waals surface area contributed by atoms with Crippen molar-refractivity contribution in [3.05, 3.63) is 47.0 Å². The lowest BCUT2D eigenvalue weighted by atomic mass is 9.97. The van der Waals surface area contributed by atoms with Crippen LogP contribution in [0.4, 0.5) is 26.3 Å². The first-order valence-corrected chi connectivity index (χ1v) is 9.53. The molecule has 0 spiro atoms. The fourth-order valence-electron chi connectivity index (χ4n) is 2.57. The van der Waals surface area contributed by atoms with E-state index in [0.717, 1.165) is 33.1 Å². The smallest absolute Gasteiger partial charge is 0.490 e. The second-order valence-electron chi connectivity index (χ2n) is 6.52. The van der Waals surface area contributed by atoms with E-state index in [1.807, 2.05) is 36.4 Å². The van der Waals surface area contributed by atoms with Gasteiger partial charge in [0.2, 0.25) is 0 Å². The molecule has 3 rings (SSSR count). The number of ether oxygens (including phenoxy) is 1. The third kappa shape index (κ3) is 8.42. The molecule has 15 heteroatoms. The van der Waals surface area contributed by atoms with Crippen molar-refractivity contribution in [2.45, 2.75) is 18.4 Å². The number of alkyl halides is 6. The second-order valence-corrected chi connectivity index (χ2v) is 6.95. The molecule has 0 saturated heterocycles. The Labute approximate surface area is 198 Å². The van der Waals surface area contributed by atoms with Crippen molar-refractivity contribution in [2.75, 3.05) is 13.7 Å². The fourth-order valence-corrected chi connectivity index (χ4v) is 2.74. The SMILES string of the molecule is COc1ccc2nc3cc(Cl)ccc3c(C(N)CN)c2c1.O=C(O)C(F)(F)F.O=C(O)C(F)(F)F. The summed E-state index contributed by atoms with van der Waals surface area (Å²) >= 11 is 6.07. The molecule has 35 heavy (non-hydrogen) atoms. The highest BCUT2D eigenvalue weighted by Crippen LogP contribution is 2.33. The Kier molecular flexibility index (Phi) is 10.1. The summed E-state index contributed by atoms with van der Waals surface area (Å²) in [6, 6.07) is 11.1. The number of benzene rings is 2. The minimum Gasteiger partial charge on any atom is -0.497 e. The Morgan fingerprint density at radius 3 is 1.91 bits per heavy atom. The molecule has 0 aliphatic rings. The predicted octanol–water partition coefficient (Wildman–Crippen LogP) is 4.28. The molecule has 1 atom stereocenters. The largest absolute Gasteiger partial charge is 0.497 e. The number of aliphatic carboxylic acids is 2. The summed E-state index contributed by atoms with van der Waals surface area (Å²) in [5.41, 5.74) is 14.7. The van der Waals surface area contributed by atoms with Crippen LogP contribution in [0.2, 0.25) is 5.02 Å². The maximum atomic E-state index is 10.6. The van der Waals surface area contributed by atoms with Gasteiger partial charge in [0.25, 0.3) is 0 Å². The van der Waals surface area contributed by atoms with Gasteiger partial charge in [0.15, 0.2) is 0 Å². The van der Waals surface area contributed by atoms with E-state index in [9.17, 15) is 26.3 Å². The first-order chi connectivity index (χ1) is 16.0. The van der Waals surface area contributed by atoms with Crippen LogP contribution in [-0.4, -0.2) is 53.1 Å². The molecular weight excluding hydrogens is 512 g/mol. The van der Waals surface area contributed by atoms with E-state index in [-0.39, 0.29) is 6.04 Å². The number of pyridine rings is 1. The van der Waals surface area contributed by atoms with Gasteiger partial charge in [-0.3, -0.25) is 0 Å². The van der Waals surface area contributed by atoms with Crippen LogP contribution < -0.4 is 16.2 Å². The molecular formula is C20H18ClF6N3O5. The number of aromatic nitrogens is 1. The molecule has 0 radical (unpaired) electrons. The van der Waals surface area contributed by atoms with Crippen LogP contribution in [0, 0.1) is 0 Å². The van der Waals surface area contributed by atoms with E-state index in [1.54, 1.807) is 7.11 Å². The molecule has 8 nitrogen and oxygen atoms in total. The van der Waals surface area contributed by atoms with Crippen LogP contribution in [0.1, 0.15) is 11.6 Å². The summed E-state index contributed by atoms with van der Waals surface area (Å²) in [5, 5.41) is 16.8. The highest BCUT2D eigenvalue weighted by atomic mass is 35.5. The Bertz CT molecular complexity index is 1180. The van der Waals surface area contributed by atoms with E-state index in [4.69, 9.17) is 47.6 Å².